The van der Waals surface area contributed by atoms with Crippen LogP contribution in [0, 0.1) is 11.3 Å². The summed E-state index contributed by atoms with van der Waals surface area (Å²) in [7, 11) is 0. The number of hydrazine groups is 1. The van der Waals surface area contributed by atoms with Gasteiger partial charge in [0.2, 0.25) is 11.8 Å². The molecule has 1 aromatic heterocycles. The van der Waals surface area contributed by atoms with Gasteiger partial charge in [0, 0.05) is 30.8 Å². The second-order valence-electron chi connectivity index (χ2n) is 12.0. The van der Waals surface area contributed by atoms with Crippen molar-refractivity contribution < 1.29 is 19.2 Å². The van der Waals surface area contributed by atoms with E-state index in [1.807, 2.05) is 43.3 Å². The van der Waals surface area contributed by atoms with Gasteiger partial charge in [0.25, 0.3) is 5.91 Å². The van der Waals surface area contributed by atoms with Crippen molar-refractivity contribution in [1.82, 2.24) is 30.1 Å². The van der Waals surface area contributed by atoms with Crippen LogP contribution in [-0.4, -0.2) is 86.9 Å². The van der Waals surface area contributed by atoms with Crippen molar-refractivity contribution >= 4 is 56.1 Å². The van der Waals surface area contributed by atoms with E-state index in [1.54, 1.807) is 51.2 Å². The number of fused-ring (bicyclic) bond motifs is 2. The Bertz CT molecular complexity index is 1890. The molecule has 49 heavy (non-hydrogen) atoms. The van der Waals surface area contributed by atoms with Crippen molar-refractivity contribution in [3.05, 3.63) is 89.5 Å². The first kappa shape index (κ1) is 33.4. The number of anilines is 2. The number of hydrogen-bond acceptors (Lipinski definition) is 9. The molecule has 2 aliphatic heterocycles. The maximum Gasteiger partial charge on any atom is 0.333 e. The van der Waals surface area contributed by atoms with Gasteiger partial charge >= 0.3 is 6.03 Å². The summed E-state index contributed by atoms with van der Waals surface area (Å²) in [6.07, 6.45) is 1.16. The Hall–Kier alpha value is -5.52. The second-order valence-corrected chi connectivity index (χ2v) is 13.0. The minimum Gasteiger partial charge on any atom is -0.375 e. The molecule has 0 saturated carbocycles. The summed E-state index contributed by atoms with van der Waals surface area (Å²) in [4.78, 5) is 61.7. The van der Waals surface area contributed by atoms with Gasteiger partial charge in [-0.3, -0.25) is 14.4 Å². The van der Waals surface area contributed by atoms with E-state index in [2.05, 4.69) is 21.7 Å². The number of urea groups is 1. The number of nitriles is 1. The summed E-state index contributed by atoms with van der Waals surface area (Å²) >= 11 is 1.37. The van der Waals surface area contributed by atoms with Crippen LogP contribution < -0.4 is 16.4 Å². The number of nitrogens with zero attached hydrogens (tertiary/aromatic N) is 6. The smallest absolute Gasteiger partial charge is 0.333 e. The van der Waals surface area contributed by atoms with Gasteiger partial charge in [0.05, 0.1) is 29.4 Å². The molecule has 0 spiro atoms. The number of nitrogens with two attached hydrogens (primary N) is 1. The molecule has 3 heterocycles. The minimum atomic E-state index is -0.882. The first-order valence-electron chi connectivity index (χ1n) is 16.2. The molecule has 4 N–H and O–H groups in total. The normalized spacial score (nSPS) is 17.6. The molecule has 2 atom stereocenters. The number of nitrogen functional groups attached to an aromatic ring is 1. The fourth-order valence-corrected chi connectivity index (χ4v) is 7.08. The highest BCUT2D eigenvalue weighted by atomic mass is 32.1. The number of nitrogens with one attached hydrogen (secondary N) is 2. The van der Waals surface area contributed by atoms with Crippen LogP contribution in [-0.2, 0) is 22.6 Å². The van der Waals surface area contributed by atoms with Gasteiger partial charge in [0.15, 0.2) is 5.13 Å². The van der Waals surface area contributed by atoms with Gasteiger partial charge in [-0.1, -0.05) is 67.1 Å². The molecule has 14 heteroatoms. The van der Waals surface area contributed by atoms with E-state index < -0.39 is 18.2 Å². The third kappa shape index (κ3) is 7.18. The lowest BCUT2D eigenvalue weighted by atomic mass is 9.99. The molecule has 2 aliphatic rings. The minimum absolute atomic E-state index is 0.117. The zero-order valence-corrected chi connectivity index (χ0v) is 27.9. The average molecular weight is 680 g/mol. The number of carbonyl (C=O) groups excluding carboxylic acids is 4. The number of aromatic nitrogens is 1. The van der Waals surface area contributed by atoms with Crippen LogP contribution in [0.1, 0.15) is 41.3 Å². The first-order chi connectivity index (χ1) is 23.8. The molecule has 252 valence electrons. The highest BCUT2D eigenvalue weighted by molar-refractivity contribution is 7.22. The molecule has 3 aromatic carbocycles. The fourth-order valence-electron chi connectivity index (χ4n) is 6.30. The molecule has 2 saturated heterocycles. The van der Waals surface area contributed by atoms with Crippen LogP contribution in [0.25, 0.3) is 10.2 Å². The highest BCUT2D eigenvalue weighted by Gasteiger charge is 2.52. The molecule has 0 bridgehead atoms. The number of amides is 5. The van der Waals surface area contributed by atoms with Gasteiger partial charge < -0.3 is 26.2 Å². The van der Waals surface area contributed by atoms with Gasteiger partial charge in [-0.05, 0) is 47.9 Å². The quantitative estimate of drug-likeness (QED) is 0.159. The molecule has 6 rings (SSSR count). The monoisotopic (exact) mass is 679 g/mol. The summed E-state index contributed by atoms with van der Waals surface area (Å²) in [5.74, 6) is -0.796. The Kier molecular flexibility index (Phi) is 10.0. The summed E-state index contributed by atoms with van der Waals surface area (Å²) < 4.78 is 0.902. The molecule has 5 amide bonds. The highest BCUT2D eigenvalue weighted by Crippen LogP contribution is 2.32. The largest absolute Gasteiger partial charge is 0.375 e. The molecular weight excluding hydrogens is 643 g/mol. The number of para-hydroxylation sites is 1. The molecule has 4 aromatic rings. The second kappa shape index (κ2) is 14.7. The van der Waals surface area contributed by atoms with E-state index in [0.29, 0.717) is 28.4 Å². The predicted molar refractivity (Wildman–Crippen MR) is 186 cm³/mol. The van der Waals surface area contributed by atoms with E-state index >= 15 is 0 Å². The average Bonchev–Trinajstić information content (AvgIpc) is 3.65. The van der Waals surface area contributed by atoms with E-state index in [1.165, 1.54) is 16.3 Å². The number of unbranched alkanes of at least 4 members (excludes halogenated alkanes) is 1. The number of benzene rings is 3. The zero-order valence-electron chi connectivity index (χ0n) is 27.0. The van der Waals surface area contributed by atoms with Crippen molar-refractivity contribution in [2.75, 3.05) is 37.2 Å². The molecular formula is C35H37N9O4S. The van der Waals surface area contributed by atoms with Crippen LogP contribution in [0.3, 0.4) is 0 Å². The van der Waals surface area contributed by atoms with Crippen LogP contribution in [0.15, 0.2) is 72.8 Å². The van der Waals surface area contributed by atoms with E-state index in [0.717, 1.165) is 28.7 Å². The summed E-state index contributed by atoms with van der Waals surface area (Å²) in [5.41, 5.74) is 9.44. The fraction of sp³-hybridized carbons (Fsp3) is 0.314. The maximum atomic E-state index is 14.3. The van der Waals surface area contributed by atoms with Crippen molar-refractivity contribution in [3.63, 3.8) is 0 Å². The van der Waals surface area contributed by atoms with E-state index in [4.69, 9.17) is 5.73 Å². The number of piperazine rings is 1. The van der Waals surface area contributed by atoms with E-state index in [9.17, 15) is 24.4 Å². The number of hydrogen-bond donors (Lipinski definition) is 3. The van der Waals surface area contributed by atoms with Crippen molar-refractivity contribution in [2.45, 2.75) is 44.9 Å². The van der Waals surface area contributed by atoms with Gasteiger partial charge in [-0.2, -0.15) is 10.3 Å². The first-order valence-corrected chi connectivity index (χ1v) is 17.0. The molecule has 0 aliphatic carbocycles. The van der Waals surface area contributed by atoms with E-state index in [-0.39, 0.29) is 50.3 Å². The van der Waals surface area contributed by atoms with Crippen LogP contribution in [0.4, 0.5) is 15.6 Å². The SMILES string of the molecule is CCCCNC(=O)N(CC#N)N1CC(=O)N2[C@@H](Cc3ccc(NC(=O)c4ccccc4)cc3)C(=O)N(Cc3cccc4sc(N)nc34)C[C@@H]21. The third-order valence-electron chi connectivity index (χ3n) is 8.70. The topological polar surface area (TPSA) is 168 Å². The lowest BCUT2D eigenvalue weighted by Gasteiger charge is -2.46. The van der Waals surface area contributed by atoms with Crippen LogP contribution >= 0.6 is 11.3 Å². The van der Waals surface area contributed by atoms with Gasteiger partial charge in [-0.15, -0.1) is 0 Å². The van der Waals surface area contributed by atoms with Crippen molar-refractivity contribution in [3.8, 4) is 6.07 Å². The van der Waals surface area contributed by atoms with Crippen molar-refractivity contribution in [1.29, 1.82) is 5.26 Å². The van der Waals surface area contributed by atoms with Gasteiger partial charge in [-0.25, -0.2) is 14.8 Å². The Morgan fingerprint density at radius 2 is 1.86 bits per heavy atom. The Balaban J connectivity index is 1.29. The number of thiazole rings is 1. The molecule has 13 nitrogen and oxygen atoms in total. The van der Waals surface area contributed by atoms with Crippen LogP contribution in [0.5, 0.6) is 0 Å². The lowest BCUT2D eigenvalue weighted by molar-refractivity contribution is -0.157. The summed E-state index contributed by atoms with van der Waals surface area (Å²) in [6.45, 7) is 2.36. The summed E-state index contributed by atoms with van der Waals surface area (Å²) in [5, 5.41) is 18.7. The molecule has 2 fully saturated rings. The maximum absolute atomic E-state index is 14.3. The van der Waals surface area contributed by atoms with Crippen LogP contribution in [0.2, 0.25) is 0 Å². The summed E-state index contributed by atoms with van der Waals surface area (Å²) in [6, 6.07) is 22.5. The molecule has 0 radical (unpaired) electrons. The lowest BCUT2D eigenvalue weighted by Crippen LogP contribution is -2.66. The third-order valence-corrected chi connectivity index (χ3v) is 9.55. The predicted octanol–water partition coefficient (Wildman–Crippen LogP) is 3.80. The standard InChI is InChI=1S/C35H37N9O4S/c1-2-3-17-38-35(48)42(18-16-36)43-22-30(45)44-27(19-23-12-14-26(15-13-23)39-32(46)24-8-5-4-6-9-24)33(47)41(21-29(43)44)20-25-10-7-11-28-31(25)40-34(37)49-28/h4-15,27,29H,2-3,17-22H2,1H3,(H2,37,40)(H,38,48)(H,39,46)/t27-,29+/m0/s1. The molecule has 0 unspecified atom stereocenters. The Labute approximate surface area is 287 Å². The number of carbonyl (C=O) groups is 4. The Morgan fingerprint density at radius 1 is 1.08 bits per heavy atom. The zero-order chi connectivity index (χ0) is 34.5. The van der Waals surface area contributed by atoms with Gasteiger partial charge in [0.1, 0.15) is 18.8 Å². The van der Waals surface area contributed by atoms with Crippen molar-refractivity contribution in [2.24, 2.45) is 0 Å². The Morgan fingerprint density at radius 3 is 2.59 bits per heavy atom. The number of rotatable bonds is 11.